The van der Waals surface area contributed by atoms with Crippen LogP contribution in [0, 0.1) is 6.92 Å². The molecule has 3 aliphatic rings. The number of aryl methyl sites for hydroxylation is 1. The lowest BCUT2D eigenvalue weighted by molar-refractivity contribution is 0.360. The van der Waals surface area contributed by atoms with Gasteiger partial charge in [0.2, 0.25) is 0 Å². The van der Waals surface area contributed by atoms with Crippen LogP contribution in [-0.4, -0.2) is 15.4 Å². The average molecular weight is 599 g/mol. The number of rotatable bonds is 3. The fraction of sp³-hybridized carbons (Fsp3) is 0.0769. The van der Waals surface area contributed by atoms with E-state index < -0.39 is 8.07 Å². The molecule has 0 aromatic heterocycles. The minimum atomic E-state index is -1.88. The van der Waals surface area contributed by atoms with Gasteiger partial charge in [0.15, 0.2) is 30.3 Å². The van der Waals surface area contributed by atoms with Crippen molar-refractivity contribution in [3.63, 3.8) is 0 Å². The van der Waals surface area contributed by atoms with Crippen LogP contribution in [0.1, 0.15) is 5.56 Å². The number of hydrogen-bond donors (Lipinski definition) is 1. The Bertz CT molecular complexity index is 2180. The standard InChI is InChI=1S/C39H31BN2O2Si/c1-24-20-27(26-22-34-35(44-33-17-9-8-16-32(33)43-34)23-29(26)41-25-12-5-4-6-13-25)38-31(21-24)42-30-15-7-10-18-36(30)45(2,3)37-19-11-14-28(40-38)39(37)42/h4-23,40-41H,1-3H3. The molecule has 0 atom stereocenters. The van der Waals surface area contributed by atoms with E-state index in [4.69, 9.17) is 9.47 Å². The molecule has 0 bridgehead atoms. The van der Waals surface area contributed by atoms with Gasteiger partial charge in [0, 0.05) is 34.4 Å². The Morgan fingerprint density at radius 3 is 2.11 bits per heavy atom. The minimum Gasteiger partial charge on any atom is -0.449 e. The zero-order valence-electron chi connectivity index (χ0n) is 25.5. The molecule has 45 heavy (non-hydrogen) atoms. The van der Waals surface area contributed by atoms with Crippen molar-refractivity contribution < 1.29 is 9.47 Å². The molecule has 3 aliphatic heterocycles. The number of ether oxygens (including phenoxy) is 2. The summed E-state index contributed by atoms with van der Waals surface area (Å²) in [7, 11) is -1.02. The lowest BCUT2D eigenvalue weighted by atomic mass is 9.58. The van der Waals surface area contributed by atoms with Gasteiger partial charge < -0.3 is 19.7 Å². The van der Waals surface area contributed by atoms with Gasteiger partial charge in [-0.15, -0.1) is 0 Å². The van der Waals surface area contributed by atoms with E-state index in [0.29, 0.717) is 11.5 Å². The van der Waals surface area contributed by atoms with E-state index in [2.05, 4.69) is 121 Å². The molecule has 0 radical (unpaired) electrons. The van der Waals surface area contributed by atoms with E-state index in [-0.39, 0.29) is 0 Å². The summed E-state index contributed by atoms with van der Waals surface area (Å²) in [6, 6.07) is 43.1. The zero-order chi connectivity index (χ0) is 30.3. The Hall–Kier alpha value is -5.20. The predicted octanol–water partition coefficient (Wildman–Crippen LogP) is 7.61. The molecule has 3 heterocycles. The first-order valence-electron chi connectivity index (χ1n) is 15.6. The van der Waals surface area contributed by atoms with Crippen molar-refractivity contribution in [3.05, 3.63) is 127 Å². The van der Waals surface area contributed by atoms with Crippen LogP contribution in [0.3, 0.4) is 0 Å². The molecule has 1 N–H and O–H groups in total. The third-order valence-electron chi connectivity index (χ3n) is 9.53. The number of anilines is 5. The van der Waals surface area contributed by atoms with Crippen LogP contribution in [0.2, 0.25) is 13.1 Å². The van der Waals surface area contributed by atoms with Gasteiger partial charge in [0.1, 0.15) is 8.07 Å². The molecule has 9 rings (SSSR count). The molecule has 4 nitrogen and oxygen atoms in total. The van der Waals surface area contributed by atoms with Crippen molar-refractivity contribution in [1.82, 2.24) is 0 Å². The molecule has 6 heteroatoms. The number of nitrogens with zero attached hydrogens (tertiary/aromatic N) is 1. The highest BCUT2D eigenvalue weighted by atomic mass is 28.3. The first-order valence-corrected chi connectivity index (χ1v) is 18.6. The predicted molar refractivity (Wildman–Crippen MR) is 191 cm³/mol. The second kappa shape index (κ2) is 9.65. The maximum absolute atomic E-state index is 6.45. The fourth-order valence-electron chi connectivity index (χ4n) is 7.41. The van der Waals surface area contributed by atoms with E-state index in [1.165, 1.54) is 49.5 Å². The van der Waals surface area contributed by atoms with Gasteiger partial charge >= 0.3 is 0 Å². The van der Waals surface area contributed by atoms with Crippen molar-refractivity contribution in [2.24, 2.45) is 0 Å². The van der Waals surface area contributed by atoms with Crippen LogP contribution in [-0.2, 0) is 0 Å². The van der Waals surface area contributed by atoms with E-state index in [1.54, 1.807) is 0 Å². The monoisotopic (exact) mass is 598 g/mol. The van der Waals surface area contributed by atoms with Crippen LogP contribution in [0.25, 0.3) is 11.1 Å². The number of para-hydroxylation sites is 5. The summed E-state index contributed by atoms with van der Waals surface area (Å²) < 4.78 is 12.8. The van der Waals surface area contributed by atoms with Gasteiger partial charge in [-0.1, -0.05) is 91.4 Å². The van der Waals surface area contributed by atoms with Crippen LogP contribution < -0.4 is 41.0 Å². The lowest BCUT2D eigenvalue weighted by Gasteiger charge is -2.45. The van der Waals surface area contributed by atoms with Gasteiger partial charge in [-0.25, -0.2) is 0 Å². The minimum absolute atomic E-state index is 0.699. The molecule has 0 saturated heterocycles. The Morgan fingerprint density at radius 1 is 0.622 bits per heavy atom. The van der Waals surface area contributed by atoms with E-state index in [1.807, 2.05) is 30.3 Å². The van der Waals surface area contributed by atoms with E-state index in [0.717, 1.165) is 35.7 Å². The highest BCUT2D eigenvalue weighted by Gasteiger charge is 2.42. The first kappa shape index (κ1) is 26.2. The van der Waals surface area contributed by atoms with Crippen molar-refractivity contribution in [2.45, 2.75) is 20.0 Å². The number of hydrogen-bond acceptors (Lipinski definition) is 4. The second-order valence-corrected chi connectivity index (χ2v) is 17.1. The Balaban J connectivity index is 1.28. The normalized spacial score (nSPS) is 14.3. The van der Waals surface area contributed by atoms with Crippen molar-refractivity contribution in [2.75, 3.05) is 10.2 Å². The van der Waals surface area contributed by atoms with Crippen molar-refractivity contribution >= 4 is 65.1 Å². The summed E-state index contributed by atoms with van der Waals surface area (Å²) in [5.41, 5.74) is 12.1. The Kier molecular flexibility index (Phi) is 5.62. The van der Waals surface area contributed by atoms with Gasteiger partial charge in [-0.2, -0.15) is 0 Å². The number of benzene rings is 6. The highest BCUT2D eigenvalue weighted by molar-refractivity contribution is 7.03. The molecule has 6 aromatic carbocycles. The molecule has 0 aliphatic carbocycles. The van der Waals surface area contributed by atoms with E-state index in [9.17, 15) is 0 Å². The molecule has 0 amide bonds. The smallest absolute Gasteiger partial charge is 0.198 e. The summed E-state index contributed by atoms with van der Waals surface area (Å²) in [6.07, 6.45) is 0. The topological polar surface area (TPSA) is 33.7 Å². The summed E-state index contributed by atoms with van der Waals surface area (Å²) in [5, 5.41) is 6.71. The van der Waals surface area contributed by atoms with Crippen molar-refractivity contribution in [1.29, 1.82) is 0 Å². The highest BCUT2D eigenvalue weighted by Crippen LogP contribution is 2.50. The fourth-order valence-corrected chi connectivity index (χ4v) is 10.4. The summed E-state index contributed by atoms with van der Waals surface area (Å²) in [6.45, 7) is 7.19. The molecule has 0 fully saturated rings. The molecule has 0 unspecified atom stereocenters. The van der Waals surface area contributed by atoms with Gasteiger partial charge in [-0.3, -0.25) is 0 Å². The molecular weight excluding hydrogens is 567 g/mol. The van der Waals surface area contributed by atoms with Gasteiger partial charge in [0.25, 0.3) is 0 Å². The summed E-state index contributed by atoms with van der Waals surface area (Å²) in [5.74, 6) is 2.86. The van der Waals surface area contributed by atoms with E-state index >= 15 is 0 Å². The molecular formula is C39H31BN2O2Si. The molecule has 0 saturated carbocycles. The lowest BCUT2D eigenvalue weighted by Crippen LogP contribution is -2.62. The SMILES string of the molecule is Cc1cc(-c2cc3c(cc2Nc2ccccc2)Oc2ccccc2O3)c2c(c1)N1c3ccccc3[Si](C)(C)c3cccc(c31)B2. The quantitative estimate of drug-likeness (QED) is 0.212. The largest absolute Gasteiger partial charge is 0.449 e. The maximum Gasteiger partial charge on any atom is 0.198 e. The van der Waals surface area contributed by atoms with Crippen LogP contribution in [0.5, 0.6) is 23.0 Å². The van der Waals surface area contributed by atoms with Crippen LogP contribution in [0.15, 0.2) is 121 Å². The summed E-state index contributed by atoms with van der Waals surface area (Å²) >= 11 is 0. The zero-order valence-corrected chi connectivity index (χ0v) is 26.5. The Morgan fingerprint density at radius 2 is 1.31 bits per heavy atom. The number of nitrogens with one attached hydrogen (secondary N) is 1. The third-order valence-corrected chi connectivity index (χ3v) is 13.0. The molecule has 0 spiro atoms. The molecule has 6 aromatic rings. The second-order valence-electron chi connectivity index (χ2n) is 12.8. The van der Waals surface area contributed by atoms with Gasteiger partial charge in [-0.05, 0) is 76.4 Å². The average Bonchev–Trinajstić information content (AvgIpc) is 3.05. The van der Waals surface area contributed by atoms with Crippen LogP contribution >= 0.6 is 0 Å². The Labute approximate surface area is 265 Å². The number of fused-ring (bicyclic) bond motifs is 6. The third kappa shape index (κ3) is 3.99. The first-order chi connectivity index (χ1) is 22.0. The van der Waals surface area contributed by atoms with Gasteiger partial charge in [0.05, 0.1) is 5.69 Å². The molecule has 216 valence electrons. The van der Waals surface area contributed by atoms with Crippen LogP contribution in [0.4, 0.5) is 28.4 Å². The summed E-state index contributed by atoms with van der Waals surface area (Å²) in [4.78, 5) is 2.55. The maximum atomic E-state index is 6.45. The van der Waals surface area contributed by atoms with Crippen molar-refractivity contribution in [3.8, 4) is 34.1 Å².